The van der Waals surface area contributed by atoms with Gasteiger partial charge >= 0.3 is 6.03 Å². The van der Waals surface area contributed by atoms with Gasteiger partial charge in [0.15, 0.2) is 0 Å². The maximum absolute atomic E-state index is 10.9. The van der Waals surface area contributed by atoms with Gasteiger partial charge in [-0.1, -0.05) is 24.3 Å². The van der Waals surface area contributed by atoms with Crippen molar-refractivity contribution >= 4 is 23.1 Å². The van der Waals surface area contributed by atoms with Crippen molar-refractivity contribution < 1.29 is 4.79 Å². The molecule has 0 bridgehead atoms. The molecule has 0 saturated heterocycles. The van der Waals surface area contributed by atoms with Gasteiger partial charge < -0.3 is 16.4 Å². The third-order valence-corrected chi connectivity index (χ3v) is 3.33. The Morgan fingerprint density at radius 2 is 1.79 bits per heavy atom. The summed E-state index contributed by atoms with van der Waals surface area (Å²) in [5.41, 5.74) is 10.5. The van der Waals surface area contributed by atoms with Crippen molar-refractivity contribution in [1.82, 2.24) is 0 Å². The molecule has 4 N–H and O–H groups in total. The van der Waals surface area contributed by atoms with Crippen molar-refractivity contribution in [2.45, 2.75) is 12.8 Å². The van der Waals surface area contributed by atoms with E-state index >= 15 is 0 Å². The molecular formula is C15H15N3O. The Labute approximate surface area is 111 Å². The van der Waals surface area contributed by atoms with E-state index in [1.165, 1.54) is 11.1 Å². The molecular weight excluding hydrogens is 238 g/mol. The molecule has 1 aliphatic heterocycles. The number of nitrogens with two attached hydrogens (primary N) is 1. The maximum Gasteiger partial charge on any atom is 0.316 e. The standard InChI is InChI=1S/C15H15N3O/c16-15(19)17-12-8-7-11-6-5-10-3-1-2-4-13(10)18-14(11)9-12/h1-4,7-9,18H,5-6H2,(H3,16,17,19). The minimum Gasteiger partial charge on any atom is -0.355 e. The van der Waals surface area contributed by atoms with Crippen molar-refractivity contribution in [3.05, 3.63) is 53.6 Å². The highest BCUT2D eigenvalue weighted by atomic mass is 16.2. The van der Waals surface area contributed by atoms with Crippen molar-refractivity contribution in [2.75, 3.05) is 10.6 Å². The van der Waals surface area contributed by atoms with Crippen LogP contribution >= 0.6 is 0 Å². The minimum atomic E-state index is -0.547. The number of amides is 2. The molecule has 0 saturated carbocycles. The molecule has 0 atom stereocenters. The van der Waals surface area contributed by atoms with Crippen LogP contribution in [0, 0.1) is 0 Å². The zero-order valence-corrected chi connectivity index (χ0v) is 10.4. The Bertz CT molecular complexity index is 637. The van der Waals surface area contributed by atoms with Gasteiger partial charge in [0.25, 0.3) is 0 Å². The van der Waals surface area contributed by atoms with Crippen molar-refractivity contribution in [2.24, 2.45) is 5.73 Å². The van der Waals surface area contributed by atoms with E-state index in [9.17, 15) is 4.79 Å². The number of hydrogen-bond donors (Lipinski definition) is 3. The maximum atomic E-state index is 10.9. The quantitative estimate of drug-likeness (QED) is 0.731. The van der Waals surface area contributed by atoms with Gasteiger partial charge in [0.05, 0.1) is 0 Å². The SMILES string of the molecule is NC(=O)Nc1ccc2c(c1)Nc1ccccc1CC2. The van der Waals surface area contributed by atoms with Gasteiger partial charge in [0.1, 0.15) is 0 Å². The average molecular weight is 253 g/mol. The number of hydrogen-bond acceptors (Lipinski definition) is 2. The molecule has 4 nitrogen and oxygen atoms in total. The van der Waals surface area contributed by atoms with Gasteiger partial charge in [0, 0.05) is 17.1 Å². The molecule has 1 aliphatic rings. The molecule has 0 aromatic heterocycles. The molecule has 2 amide bonds. The molecule has 1 heterocycles. The third-order valence-electron chi connectivity index (χ3n) is 3.33. The molecule has 3 rings (SSSR count). The number of carbonyl (C=O) groups excluding carboxylic acids is 1. The lowest BCUT2D eigenvalue weighted by molar-refractivity contribution is 0.259. The summed E-state index contributed by atoms with van der Waals surface area (Å²) < 4.78 is 0. The highest BCUT2D eigenvalue weighted by Gasteiger charge is 2.12. The van der Waals surface area contributed by atoms with E-state index in [-0.39, 0.29) is 0 Å². The Hall–Kier alpha value is -2.49. The molecule has 0 spiro atoms. The van der Waals surface area contributed by atoms with Crippen LogP contribution in [0.25, 0.3) is 0 Å². The third kappa shape index (κ3) is 2.38. The molecule has 0 aliphatic carbocycles. The topological polar surface area (TPSA) is 67.2 Å². The van der Waals surface area contributed by atoms with Crippen molar-refractivity contribution in [3.63, 3.8) is 0 Å². The van der Waals surface area contributed by atoms with Crippen molar-refractivity contribution in [1.29, 1.82) is 0 Å². The van der Waals surface area contributed by atoms with E-state index in [1.807, 2.05) is 24.3 Å². The fraction of sp³-hybridized carbons (Fsp3) is 0.133. The molecule has 4 heteroatoms. The Morgan fingerprint density at radius 3 is 2.58 bits per heavy atom. The lowest BCUT2D eigenvalue weighted by atomic mass is 10.0. The summed E-state index contributed by atoms with van der Waals surface area (Å²) in [5.74, 6) is 0. The number of benzene rings is 2. The fourth-order valence-corrected chi connectivity index (χ4v) is 2.41. The Morgan fingerprint density at radius 1 is 1.05 bits per heavy atom. The first kappa shape index (κ1) is 11.6. The highest BCUT2D eigenvalue weighted by molar-refractivity contribution is 5.89. The van der Waals surface area contributed by atoms with Crippen molar-refractivity contribution in [3.8, 4) is 0 Å². The lowest BCUT2D eigenvalue weighted by Crippen LogP contribution is -2.19. The number of fused-ring (bicyclic) bond motifs is 2. The highest BCUT2D eigenvalue weighted by Crippen LogP contribution is 2.31. The summed E-state index contributed by atoms with van der Waals surface area (Å²) in [6.45, 7) is 0. The zero-order valence-electron chi connectivity index (χ0n) is 10.4. The number of nitrogens with one attached hydrogen (secondary N) is 2. The largest absolute Gasteiger partial charge is 0.355 e. The number of primary amides is 1. The van der Waals surface area contributed by atoms with Crippen LogP contribution in [0.4, 0.5) is 21.9 Å². The van der Waals surface area contributed by atoms with E-state index in [1.54, 1.807) is 0 Å². The minimum absolute atomic E-state index is 0.547. The number of carbonyl (C=O) groups is 1. The smallest absolute Gasteiger partial charge is 0.316 e. The van der Waals surface area contributed by atoms with Gasteiger partial charge in [-0.05, 0) is 42.2 Å². The van der Waals surface area contributed by atoms with Crippen LogP contribution in [0.3, 0.4) is 0 Å². The molecule has 96 valence electrons. The van der Waals surface area contributed by atoms with Crippen LogP contribution in [0.2, 0.25) is 0 Å². The number of para-hydroxylation sites is 1. The average Bonchev–Trinajstić information content (AvgIpc) is 2.56. The van der Waals surface area contributed by atoms with Crippen LogP contribution in [-0.4, -0.2) is 6.03 Å². The van der Waals surface area contributed by atoms with Gasteiger partial charge in [-0.15, -0.1) is 0 Å². The summed E-state index contributed by atoms with van der Waals surface area (Å²) in [5, 5.41) is 6.02. The van der Waals surface area contributed by atoms with Crippen LogP contribution < -0.4 is 16.4 Å². The van der Waals surface area contributed by atoms with E-state index in [2.05, 4.69) is 28.8 Å². The van der Waals surface area contributed by atoms with Gasteiger partial charge in [0.2, 0.25) is 0 Å². The summed E-state index contributed by atoms with van der Waals surface area (Å²) >= 11 is 0. The molecule has 2 aromatic rings. The molecule has 2 aromatic carbocycles. The zero-order chi connectivity index (χ0) is 13.2. The number of aryl methyl sites for hydroxylation is 2. The fourth-order valence-electron chi connectivity index (χ4n) is 2.41. The summed E-state index contributed by atoms with van der Waals surface area (Å²) in [4.78, 5) is 10.9. The number of rotatable bonds is 1. The van der Waals surface area contributed by atoms with Crippen LogP contribution in [0.5, 0.6) is 0 Å². The van der Waals surface area contributed by atoms with Gasteiger partial charge in [-0.2, -0.15) is 0 Å². The molecule has 0 radical (unpaired) electrons. The van der Waals surface area contributed by atoms with Crippen LogP contribution in [0.1, 0.15) is 11.1 Å². The van der Waals surface area contributed by atoms with Gasteiger partial charge in [-0.3, -0.25) is 0 Å². The summed E-state index contributed by atoms with van der Waals surface area (Å²) in [6, 6.07) is 13.5. The predicted octanol–water partition coefficient (Wildman–Crippen LogP) is 3.02. The molecule has 0 unspecified atom stereocenters. The van der Waals surface area contributed by atoms with Gasteiger partial charge in [-0.25, -0.2) is 4.79 Å². The molecule has 0 fully saturated rings. The number of urea groups is 1. The van der Waals surface area contributed by atoms with Crippen LogP contribution in [-0.2, 0) is 12.8 Å². The summed E-state index contributed by atoms with van der Waals surface area (Å²) in [7, 11) is 0. The lowest BCUT2D eigenvalue weighted by Gasteiger charge is -2.11. The normalized spacial score (nSPS) is 12.6. The van der Waals surface area contributed by atoms with E-state index < -0.39 is 6.03 Å². The number of anilines is 3. The first-order chi connectivity index (χ1) is 9.22. The second-order valence-corrected chi connectivity index (χ2v) is 4.64. The van der Waals surface area contributed by atoms with Crippen LogP contribution in [0.15, 0.2) is 42.5 Å². The van der Waals surface area contributed by atoms with E-state index in [0.717, 1.165) is 24.2 Å². The predicted molar refractivity (Wildman–Crippen MR) is 76.8 cm³/mol. The van der Waals surface area contributed by atoms with E-state index in [4.69, 9.17) is 5.73 Å². The Kier molecular flexibility index (Phi) is 2.83. The first-order valence-electron chi connectivity index (χ1n) is 6.27. The summed E-state index contributed by atoms with van der Waals surface area (Å²) in [6.07, 6.45) is 2.00. The van der Waals surface area contributed by atoms with E-state index in [0.29, 0.717) is 5.69 Å². The first-order valence-corrected chi connectivity index (χ1v) is 6.27. The second kappa shape index (κ2) is 4.65. The monoisotopic (exact) mass is 253 g/mol. The second-order valence-electron chi connectivity index (χ2n) is 4.64. The Balaban J connectivity index is 1.97. The molecule has 19 heavy (non-hydrogen) atoms.